The summed E-state index contributed by atoms with van der Waals surface area (Å²) in [5, 5.41) is 0. The summed E-state index contributed by atoms with van der Waals surface area (Å²) in [4.78, 5) is 0. The number of epoxide rings is 1. The maximum Gasteiger partial charge on any atom is 0.116 e. The van der Waals surface area contributed by atoms with E-state index < -0.39 is 0 Å². The molecule has 2 aliphatic rings. The molecule has 1 saturated heterocycles. The quantitative estimate of drug-likeness (QED) is 0.448. The van der Waals surface area contributed by atoms with Gasteiger partial charge in [0.05, 0.1) is 6.61 Å². The van der Waals surface area contributed by atoms with Crippen LogP contribution >= 0.6 is 0 Å². The van der Waals surface area contributed by atoms with E-state index in [1.165, 1.54) is 0 Å². The third-order valence-electron chi connectivity index (χ3n) is 1.64. The molecule has 2 nitrogen and oxygen atoms in total. The summed E-state index contributed by atoms with van der Waals surface area (Å²) in [7, 11) is 0. The van der Waals surface area contributed by atoms with E-state index >= 15 is 0 Å². The molecule has 1 heterocycles. The lowest BCUT2D eigenvalue weighted by Gasteiger charge is -2.06. The van der Waals surface area contributed by atoms with Crippen LogP contribution in [0.15, 0.2) is 29.7 Å². The lowest BCUT2D eigenvalue weighted by Crippen LogP contribution is -2.01. The number of hydrogen-bond donors (Lipinski definition) is 0. The van der Waals surface area contributed by atoms with E-state index in [1.807, 2.05) is 18.2 Å². The normalized spacial score (nSPS) is 26.5. The van der Waals surface area contributed by atoms with E-state index in [-0.39, 0.29) is 0 Å². The van der Waals surface area contributed by atoms with Crippen LogP contribution in [0.25, 0.3) is 0 Å². The highest BCUT2D eigenvalue weighted by Crippen LogP contribution is 2.14. The van der Waals surface area contributed by atoms with Gasteiger partial charge in [-0.05, 0) is 18.2 Å². The van der Waals surface area contributed by atoms with Crippen LogP contribution in [0.2, 0.25) is 0 Å². The number of hydrogen-bond acceptors (Lipinski definition) is 2. The van der Waals surface area contributed by atoms with Gasteiger partial charge in [0.1, 0.15) is 18.5 Å². The van der Waals surface area contributed by atoms with E-state index in [9.17, 15) is 0 Å². The van der Waals surface area contributed by atoms with Crippen molar-refractivity contribution in [3.63, 3.8) is 0 Å². The second kappa shape index (κ2) is 2.95. The molecule has 0 bridgehead atoms. The Morgan fingerprint density at radius 2 is 2.64 bits per heavy atom. The maximum absolute atomic E-state index is 5.44. The first-order valence-electron chi connectivity index (χ1n) is 3.79. The zero-order valence-electron chi connectivity index (χ0n) is 6.25. The molecule has 0 saturated carbocycles. The zero-order valence-corrected chi connectivity index (χ0v) is 6.25. The van der Waals surface area contributed by atoms with Gasteiger partial charge >= 0.3 is 0 Å². The molecule has 0 spiro atoms. The first kappa shape index (κ1) is 6.71. The fourth-order valence-corrected chi connectivity index (χ4v) is 0.908. The summed E-state index contributed by atoms with van der Waals surface area (Å²) < 4.78 is 10.5. The van der Waals surface area contributed by atoms with Crippen LogP contribution in [0.1, 0.15) is 6.42 Å². The smallest absolute Gasteiger partial charge is 0.116 e. The van der Waals surface area contributed by atoms with E-state index in [2.05, 4.69) is 5.73 Å². The average molecular weight is 150 g/mol. The molecule has 1 aliphatic carbocycles. The zero-order chi connectivity index (χ0) is 7.52. The van der Waals surface area contributed by atoms with Crippen molar-refractivity contribution in [2.75, 3.05) is 13.2 Å². The molecule has 0 amide bonds. The molecule has 0 N–H and O–H groups in total. The fourth-order valence-electron chi connectivity index (χ4n) is 0.908. The van der Waals surface area contributed by atoms with Crippen LogP contribution in [0.5, 0.6) is 0 Å². The predicted molar refractivity (Wildman–Crippen MR) is 41.0 cm³/mol. The van der Waals surface area contributed by atoms with Crippen molar-refractivity contribution in [1.82, 2.24) is 0 Å². The molecule has 1 unspecified atom stereocenters. The largest absolute Gasteiger partial charge is 0.495 e. The Hall–Kier alpha value is -0.980. The van der Waals surface area contributed by atoms with Crippen LogP contribution in [-0.4, -0.2) is 19.3 Å². The Morgan fingerprint density at radius 3 is 3.27 bits per heavy atom. The number of allylic oxidation sites excluding steroid dienone is 2. The minimum Gasteiger partial charge on any atom is -0.495 e. The summed E-state index contributed by atoms with van der Waals surface area (Å²) in [6, 6.07) is 0. The highest BCUT2D eigenvalue weighted by Gasteiger charge is 2.23. The van der Waals surface area contributed by atoms with Gasteiger partial charge in [0.25, 0.3) is 0 Å². The first-order chi connectivity index (χ1) is 5.45. The minimum atomic E-state index is 0.353. The molecule has 0 aromatic carbocycles. The van der Waals surface area contributed by atoms with Gasteiger partial charge in [-0.25, -0.2) is 0 Å². The first-order valence-corrected chi connectivity index (χ1v) is 3.79. The van der Waals surface area contributed by atoms with Gasteiger partial charge in [-0.15, -0.1) is 5.73 Å². The SMILES string of the molecule is C1=CC=C(OCC2CO2)CC=1. The second-order valence-electron chi connectivity index (χ2n) is 2.64. The van der Waals surface area contributed by atoms with Crippen molar-refractivity contribution in [2.45, 2.75) is 12.5 Å². The van der Waals surface area contributed by atoms with Gasteiger partial charge in [-0.1, -0.05) is 0 Å². The highest BCUT2D eigenvalue weighted by molar-refractivity contribution is 5.15. The molecule has 0 radical (unpaired) electrons. The van der Waals surface area contributed by atoms with Gasteiger partial charge in [0, 0.05) is 6.42 Å². The molecular weight excluding hydrogens is 140 g/mol. The Kier molecular flexibility index (Phi) is 1.80. The van der Waals surface area contributed by atoms with Crippen molar-refractivity contribution >= 4 is 0 Å². The van der Waals surface area contributed by atoms with Crippen LogP contribution in [-0.2, 0) is 9.47 Å². The third kappa shape index (κ3) is 1.97. The highest BCUT2D eigenvalue weighted by atomic mass is 16.6. The van der Waals surface area contributed by atoms with Crippen LogP contribution < -0.4 is 0 Å². The van der Waals surface area contributed by atoms with Crippen molar-refractivity contribution in [2.24, 2.45) is 0 Å². The molecule has 1 fully saturated rings. The van der Waals surface area contributed by atoms with E-state index in [4.69, 9.17) is 9.47 Å². The predicted octanol–water partition coefficient (Wildman–Crippen LogP) is 1.40. The average Bonchev–Trinajstić information content (AvgIpc) is 2.86. The molecule has 58 valence electrons. The lowest BCUT2D eigenvalue weighted by molar-refractivity contribution is 0.179. The number of rotatable bonds is 3. The molecule has 1 aliphatic heterocycles. The summed E-state index contributed by atoms with van der Waals surface area (Å²) in [5.74, 6) is 1.01. The molecule has 0 aromatic heterocycles. The van der Waals surface area contributed by atoms with Crippen LogP contribution in [0.4, 0.5) is 0 Å². The molecule has 2 rings (SSSR count). The van der Waals surface area contributed by atoms with Crippen LogP contribution in [0, 0.1) is 0 Å². The van der Waals surface area contributed by atoms with Gasteiger partial charge in [0.2, 0.25) is 0 Å². The topological polar surface area (TPSA) is 21.8 Å². The van der Waals surface area contributed by atoms with E-state index in [1.54, 1.807) is 0 Å². The van der Waals surface area contributed by atoms with Crippen molar-refractivity contribution in [3.05, 3.63) is 29.7 Å². The Balaban J connectivity index is 1.77. The molecule has 2 heteroatoms. The van der Waals surface area contributed by atoms with E-state index in [0.717, 1.165) is 18.8 Å². The number of ether oxygens (including phenoxy) is 2. The lowest BCUT2D eigenvalue weighted by atomic mass is 10.2. The summed E-state index contributed by atoms with van der Waals surface area (Å²) in [6.45, 7) is 1.56. The van der Waals surface area contributed by atoms with Crippen molar-refractivity contribution in [1.29, 1.82) is 0 Å². The molecular formula is C9H10O2. The van der Waals surface area contributed by atoms with Gasteiger partial charge in [-0.2, -0.15) is 0 Å². The summed E-state index contributed by atoms with van der Waals surface area (Å²) in [5.41, 5.74) is 2.98. The van der Waals surface area contributed by atoms with Gasteiger partial charge < -0.3 is 9.47 Å². The van der Waals surface area contributed by atoms with Gasteiger partial charge in [0.15, 0.2) is 0 Å². The van der Waals surface area contributed by atoms with Crippen molar-refractivity contribution in [3.8, 4) is 0 Å². The van der Waals surface area contributed by atoms with Crippen LogP contribution in [0.3, 0.4) is 0 Å². The molecule has 11 heavy (non-hydrogen) atoms. The standard InChI is InChI=1S/C9H10O2/c1-2-4-8(5-3-1)10-6-9-7-11-9/h2-4,9H,5-7H2. The maximum atomic E-state index is 5.44. The fraction of sp³-hybridized carbons (Fsp3) is 0.444. The summed E-state index contributed by atoms with van der Waals surface area (Å²) in [6.07, 6.45) is 6.99. The Labute approximate surface area is 65.8 Å². The monoisotopic (exact) mass is 150 g/mol. The van der Waals surface area contributed by atoms with E-state index in [0.29, 0.717) is 12.7 Å². The Morgan fingerprint density at radius 1 is 1.73 bits per heavy atom. The molecule has 0 aromatic rings. The second-order valence-corrected chi connectivity index (χ2v) is 2.64. The summed E-state index contributed by atoms with van der Waals surface area (Å²) >= 11 is 0. The third-order valence-corrected chi connectivity index (χ3v) is 1.64. The minimum absolute atomic E-state index is 0.353. The van der Waals surface area contributed by atoms with Crippen molar-refractivity contribution < 1.29 is 9.47 Å². The van der Waals surface area contributed by atoms with Gasteiger partial charge in [-0.3, -0.25) is 0 Å². The molecule has 1 atom stereocenters. The Bertz CT molecular complexity index is 230.